The molecule has 0 amide bonds. The van der Waals surface area contributed by atoms with E-state index in [-0.39, 0.29) is 0 Å². The molecule has 2 aromatic carbocycles. The molecule has 0 saturated heterocycles. The molecule has 1 unspecified atom stereocenters. The first-order valence-corrected chi connectivity index (χ1v) is 7.30. The lowest BCUT2D eigenvalue weighted by Gasteiger charge is -2.25. The van der Waals surface area contributed by atoms with Gasteiger partial charge in [-0.25, -0.2) is 0 Å². The number of hydrogen-bond donors (Lipinski definition) is 1. The molecule has 0 bridgehead atoms. The summed E-state index contributed by atoms with van der Waals surface area (Å²) >= 11 is 6.13. The third-order valence-corrected chi connectivity index (χ3v) is 3.85. The molecule has 2 rings (SSSR count). The third kappa shape index (κ3) is 3.64. The summed E-state index contributed by atoms with van der Waals surface area (Å²) in [5, 5.41) is 11.0. The van der Waals surface area contributed by atoms with Gasteiger partial charge in [0.05, 0.1) is 26.0 Å². The molecule has 22 heavy (non-hydrogen) atoms. The van der Waals surface area contributed by atoms with Crippen LogP contribution in [0.3, 0.4) is 0 Å². The molecule has 0 aliphatic rings. The van der Waals surface area contributed by atoms with Crippen molar-refractivity contribution in [3.05, 3.63) is 53.1 Å². The van der Waals surface area contributed by atoms with Gasteiger partial charge in [0.1, 0.15) is 11.5 Å². The van der Waals surface area contributed by atoms with E-state index >= 15 is 0 Å². The highest BCUT2D eigenvalue weighted by atomic mass is 35.5. The number of nitrogens with zero attached hydrogens (tertiary/aromatic N) is 1. The molecule has 2 aromatic rings. The van der Waals surface area contributed by atoms with Crippen molar-refractivity contribution < 1.29 is 14.6 Å². The molecule has 0 fully saturated rings. The molecule has 1 N–H and O–H groups in total. The quantitative estimate of drug-likeness (QED) is 0.884. The van der Waals surface area contributed by atoms with Gasteiger partial charge in [0.15, 0.2) is 0 Å². The predicted octanol–water partition coefficient (Wildman–Crippen LogP) is 3.53. The fraction of sp³-hybridized carbons (Fsp3) is 0.294. The van der Waals surface area contributed by atoms with Crippen LogP contribution < -0.4 is 14.4 Å². The Morgan fingerprint density at radius 2 is 1.86 bits per heavy atom. The van der Waals surface area contributed by atoms with E-state index in [1.165, 1.54) is 0 Å². The maximum absolute atomic E-state index is 10.4. The number of ether oxygens (including phenoxy) is 2. The van der Waals surface area contributed by atoms with Gasteiger partial charge in [0.2, 0.25) is 0 Å². The first kappa shape index (κ1) is 16.5. The van der Waals surface area contributed by atoms with Gasteiger partial charge in [-0.2, -0.15) is 0 Å². The van der Waals surface area contributed by atoms with E-state index < -0.39 is 6.10 Å². The number of methoxy groups -OCH3 is 2. The predicted molar refractivity (Wildman–Crippen MR) is 89.2 cm³/mol. The minimum absolute atomic E-state index is 0.395. The van der Waals surface area contributed by atoms with Crippen molar-refractivity contribution in [1.82, 2.24) is 0 Å². The number of benzene rings is 2. The Morgan fingerprint density at radius 3 is 2.50 bits per heavy atom. The summed E-state index contributed by atoms with van der Waals surface area (Å²) in [5.74, 6) is 1.41. The smallest absolute Gasteiger partial charge is 0.145 e. The minimum Gasteiger partial charge on any atom is -0.497 e. The fourth-order valence-corrected chi connectivity index (χ4v) is 2.56. The zero-order chi connectivity index (χ0) is 16.1. The summed E-state index contributed by atoms with van der Waals surface area (Å²) in [6.07, 6.45) is -0.689. The van der Waals surface area contributed by atoms with Crippen molar-refractivity contribution >= 4 is 17.3 Å². The highest BCUT2D eigenvalue weighted by Crippen LogP contribution is 2.33. The van der Waals surface area contributed by atoms with E-state index in [2.05, 4.69) is 0 Å². The lowest BCUT2D eigenvalue weighted by molar-refractivity contribution is 0.185. The summed E-state index contributed by atoms with van der Waals surface area (Å²) in [6.45, 7) is 0.395. The Morgan fingerprint density at radius 1 is 1.14 bits per heavy atom. The van der Waals surface area contributed by atoms with E-state index in [1.54, 1.807) is 20.3 Å². The summed E-state index contributed by atoms with van der Waals surface area (Å²) in [7, 11) is 5.11. The van der Waals surface area contributed by atoms with Crippen LogP contribution in [0, 0.1) is 0 Å². The number of likely N-dealkylation sites (N-methyl/N-ethyl adjacent to an activating group) is 1. The number of aliphatic hydroxyl groups excluding tert-OH is 1. The van der Waals surface area contributed by atoms with Gasteiger partial charge in [-0.15, -0.1) is 0 Å². The topological polar surface area (TPSA) is 41.9 Å². The van der Waals surface area contributed by atoms with Gasteiger partial charge in [-0.3, -0.25) is 0 Å². The summed E-state index contributed by atoms with van der Waals surface area (Å²) in [6, 6.07) is 12.9. The van der Waals surface area contributed by atoms with Gasteiger partial charge >= 0.3 is 0 Å². The highest BCUT2D eigenvalue weighted by Gasteiger charge is 2.16. The van der Waals surface area contributed by atoms with Crippen molar-refractivity contribution in [3.63, 3.8) is 0 Å². The van der Waals surface area contributed by atoms with E-state index in [1.807, 2.05) is 48.3 Å². The van der Waals surface area contributed by atoms with Crippen LogP contribution in [0.25, 0.3) is 0 Å². The maximum Gasteiger partial charge on any atom is 0.145 e. The van der Waals surface area contributed by atoms with Crippen molar-refractivity contribution in [1.29, 1.82) is 0 Å². The molecule has 0 aliphatic heterocycles. The van der Waals surface area contributed by atoms with Gasteiger partial charge < -0.3 is 19.5 Å². The summed E-state index contributed by atoms with van der Waals surface area (Å²) in [5.41, 5.74) is 1.58. The monoisotopic (exact) mass is 321 g/mol. The molecule has 0 heterocycles. The Balaban J connectivity index is 2.18. The molecule has 5 heteroatoms. The number of rotatable bonds is 6. The average Bonchev–Trinajstić information content (AvgIpc) is 2.54. The van der Waals surface area contributed by atoms with E-state index in [0.29, 0.717) is 22.9 Å². The molecule has 0 aliphatic carbocycles. The van der Waals surface area contributed by atoms with E-state index in [4.69, 9.17) is 21.1 Å². The second kappa shape index (κ2) is 7.38. The van der Waals surface area contributed by atoms with Crippen LogP contribution in [0.1, 0.15) is 11.7 Å². The van der Waals surface area contributed by atoms with Gasteiger partial charge in [-0.05, 0) is 18.2 Å². The lowest BCUT2D eigenvalue weighted by Crippen LogP contribution is -2.24. The zero-order valence-corrected chi connectivity index (χ0v) is 13.7. The number of hydrogen-bond acceptors (Lipinski definition) is 4. The molecule has 0 radical (unpaired) electrons. The van der Waals surface area contributed by atoms with Gasteiger partial charge in [0, 0.05) is 30.2 Å². The van der Waals surface area contributed by atoms with E-state index in [0.717, 1.165) is 11.4 Å². The molecular weight excluding hydrogens is 302 g/mol. The Bertz CT molecular complexity index is 633. The Labute approximate surface area is 135 Å². The number of halogens is 1. The van der Waals surface area contributed by atoms with Gasteiger partial charge in [-0.1, -0.05) is 29.8 Å². The first-order valence-electron chi connectivity index (χ1n) is 6.92. The second-order valence-corrected chi connectivity index (χ2v) is 5.36. The largest absolute Gasteiger partial charge is 0.497 e. The normalized spacial score (nSPS) is 11.9. The zero-order valence-electron chi connectivity index (χ0n) is 12.9. The van der Waals surface area contributed by atoms with E-state index in [9.17, 15) is 5.11 Å². The fourth-order valence-electron chi connectivity index (χ4n) is 2.30. The second-order valence-electron chi connectivity index (χ2n) is 4.96. The first-order chi connectivity index (χ1) is 10.6. The minimum atomic E-state index is -0.689. The van der Waals surface area contributed by atoms with Crippen molar-refractivity contribution in [2.75, 3.05) is 32.7 Å². The highest BCUT2D eigenvalue weighted by molar-refractivity contribution is 6.31. The van der Waals surface area contributed by atoms with Crippen LogP contribution in [0.4, 0.5) is 5.69 Å². The standard InChI is InChI=1S/C17H20ClNO3/c1-19(11-16(20)13-6-4-5-7-14(13)18)15-9-8-12(21-2)10-17(15)22-3/h4-10,16,20H,11H2,1-3H3. The Hall–Kier alpha value is -1.91. The molecule has 118 valence electrons. The molecular formula is C17H20ClNO3. The molecule has 0 saturated carbocycles. The summed E-state index contributed by atoms with van der Waals surface area (Å²) in [4.78, 5) is 1.92. The Kier molecular flexibility index (Phi) is 5.52. The molecule has 1 atom stereocenters. The molecule has 0 aromatic heterocycles. The lowest BCUT2D eigenvalue weighted by atomic mass is 10.1. The average molecular weight is 322 g/mol. The SMILES string of the molecule is COc1ccc(N(C)CC(O)c2ccccc2Cl)c(OC)c1. The van der Waals surface area contributed by atoms with Crippen molar-refractivity contribution in [3.8, 4) is 11.5 Å². The molecule has 4 nitrogen and oxygen atoms in total. The summed E-state index contributed by atoms with van der Waals surface area (Å²) < 4.78 is 10.6. The van der Waals surface area contributed by atoms with Crippen molar-refractivity contribution in [2.45, 2.75) is 6.10 Å². The van der Waals surface area contributed by atoms with Crippen LogP contribution >= 0.6 is 11.6 Å². The van der Waals surface area contributed by atoms with Crippen LogP contribution in [-0.2, 0) is 0 Å². The van der Waals surface area contributed by atoms with Gasteiger partial charge in [0.25, 0.3) is 0 Å². The van der Waals surface area contributed by atoms with Crippen LogP contribution in [-0.4, -0.2) is 32.9 Å². The number of anilines is 1. The molecule has 0 spiro atoms. The van der Waals surface area contributed by atoms with Crippen molar-refractivity contribution in [2.24, 2.45) is 0 Å². The number of aliphatic hydroxyl groups is 1. The van der Waals surface area contributed by atoms with Crippen LogP contribution in [0.5, 0.6) is 11.5 Å². The van der Waals surface area contributed by atoms with Crippen LogP contribution in [0.15, 0.2) is 42.5 Å². The van der Waals surface area contributed by atoms with Crippen LogP contribution in [0.2, 0.25) is 5.02 Å². The maximum atomic E-state index is 10.4. The third-order valence-electron chi connectivity index (χ3n) is 3.51.